The van der Waals surface area contributed by atoms with Crippen molar-refractivity contribution in [2.45, 2.75) is 22.8 Å². The molecule has 1 heterocycles. The van der Waals surface area contributed by atoms with Crippen molar-refractivity contribution in [1.29, 1.82) is 0 Å². The summed E-state index contributed by atoms with van der Waals surface area (Å²) in [6.45, 7) is 1.29. The molecule has 1 fully saturated rings. The number of hydrogen-bond donors (Lipinski definition) is 1. The maximum absolute atomic E-state index is 12.7. The number of carbonyl (C=O) groups is 2. The van der Waals surface area contributed by atoms with Gasteiger partial charge in [-0.05, 0) is 31.2 Å². The molecule has 12 heteroatoms. The SMILES string of the molecule is CC(NS(=O)(=O)c1ccccc1)C(=O)OCC(=O)N1CCN(S(=O)(=O)c2ccccc2)CC1. The van der Waals surface area contributed by atoms with E-state index in [-0.39, 0.29) is 36.0 Å². The quantitative estimate of drug-likeness (QED) is 0.526. The third kappa shape index (κ3) is 6.16. The topological polar surface area (TPSA) is 130 Å². The van der Waals surface area contributed by atoms with Crippen LogP contribution in [0.25, 0.3) is 0 Å². The fraction of sp³-hybridized carbons (Fsp3) is 0.333. The van der Waals surface area contributed by atoms with E-state index in [1.165, 1.54) is 40.4 Å². The van der Waals surface area contributed by atoms with Crippen LogP contribution in [0.15, 0.2) is 70.5 Å². The van der Waals surface area contributed by atoms with Crippen molar-refractivity contribution in [1.82, 2.24) is 13.9 Å². The largest absolute Gasteiger partial charge is 0.454 e. The summed E-state index contributed by atoms with van der Waals surface area (Å²) in [6, 6.07) is 14.4. The lowest BCUT2D eigenvalue weighted by Crippen LogP contribution is -2.51. The van der Waals surface area contributed by atoms with Crippen LogP contribution in [0, 0.1) is 0 Å². The van der Waals surface area contributed by atoms with Crippen LogP contribution >= 0.6 is 0 Å². The van der Waals surface area contributed by atoms with Crippen LogP contribution in [-0.4, -0.2) is 76.7 Å². The third-order valence-corrected chi connectivity index (χ3v) is 8.52. The number of hydrogen-bond acceptors (Lipinski definition) is 7. The molecule has 0 radical (unpaired) electrons. The molecule has 2 aromatic carbocycles. The minimum atomic E-state index is -3.92. The highest BCUT2D eigenvalue weighted by molar-refractivity contribution is 7.89. The van der Waals surface area contributed by atoms with Gasteiger partial charge in [-0.3, -0.25) is 9.59 Å². The first kappa shape index (κ1) is 24.8. The first-order valence-electron chi connectivity index (χ1n) is 10.2. The zero-order chi connectivity index (χ0) is 24.1. The van der Waals surface area contributed by atoms with Gasteiger partial charge < -0.3 is 9.64 Å². The average molecular weight is 496 g/mol. The number of nitrogens with zero attached hydrogens (tertiary/aromatic N) is 2. The van der Waals surface area contributed by atoms with Gasteiger partial charge in [-0.15, -0.1) is 0 Å². The lowest BCUT2D eigenvalue weighted by atomic mass is 10.3. The molecule has 3 rings (SSSR count). The van der Waals surface area contributed by atoms with Gasteiger partial charge in [-0.1, -0.05) is 36.4 Å². The van der Waals surface area contributed by atoms with Crippen LogP contribution < -0.4 is 4.72 Å². The molecule has 1 unspecified atom stereocenters. The number of carbonyl (C=O) groups excluding carboxylic acids is 2. The second-order valence-corrected chi connectivity index (χ2v) is 11.0. The second kappa shape index (κ2) is 10.4. The van der Waals surface area contributed by atoms with Crippen molar-refractivity contribution in [2.24, 2.45) is 0 Å². The number of amides is 1. The number of benzene rings is 2. The molecule has 33 heavy (non-hydrogen) atoms. The summed E-state index contributed by atoms with van der Waals surface area (Å²) in [4.78, 5) is 26.2. The standard InChI is InChI=1S/C21H25N3O7S2/c1-17(22-32(27,28)18-8-4-2-5-9-18)21(26)31-16-20(25)23-12-14-24(15-13-23)33(29,30)19-10-6-3-7-11-19/h2-11,17,22H,12-16H2,1H3. The predicted molar refractivity (Wildman–Crippen MR) is 119 cm³/mol. The summed E-state index contributed by atoms with van der Waals surface area (Å²) in [5.41, 5.74) is 0. The van der Waals surface area contributed by atoms with Crippen LogP contribution in [0.4, 0.5) is 0 Å². The van der Waals surface area contributed by atoms with Gasteiger partial charge in [0.05, 0.1) is 9.79 Å². The summed E-state index contributed by atoms with van der Waals surface area (Å²) in [7, 11) is -7.56. The Bertz CT molecular complexity index is 1180. The Morgan fingerprint density at radius 2 is 1.39 bits per heavy atom. The van der Waals surface area contributed by atoms with E-state index in [2.05, 4.69) is 4.72 Å². The number of piperazine rings is 1. The van der Waals surface area contributed by atoms with Gasteiger partial charge in [0.2, 0.25) is 20.0 Å². The van der Waals surface area contributed by atoms with E-state index < -0.39 is 44.6 Å². The van der Waals surface area contributed by atoms with Crippen molar-refractivity contribution in [3.8, 4) is 0 Å². The number of nitrogens with one attached hydrogen (secondary N) is 1. The first-order chi connectivity index (χ1) is 15.6. The molecular formula is C21H25N3O7S2. The summed E-state index contributed by atoms with van der Waals surface area (Å²) in [5, 5.41) is 0. The van der Waals surface area contributed by atoms with Crippen LogP contribution in [0.2, 0.25) is 0 Å². The Morgan fingerprint density at radius 1 is 0.879 bits per heavy atom. The molecule has 0 saturated carbocycles. The first-order valence-corrected chi connectivity index (χ1v) is 13.1. The van der Waals surface area contributed by atoms with Crippen molar-refractivity contribution in [2.75, 3.05) is 32.8 Å². The van der Waals surface area contributed by atoms with Gasteiger partial charge in [-0.25, -0.2) is 16.8 Å². The molecule has 1 aliphatic rings. The Balaban J connectivity index is 1.48. The second-order valence-electron chi connectivity index (χ2n) is 7.36. The van der Waals surface area contributed by atoms with Gasteiger partial charge in [0.15, 0.2) is 6.61 Å². The molecule has 1 aliphatic heterocycles. The predicted octanol–water partition coefficient (Wildman–Crippen LogP) is 0.430. The zero-order valence-corrected chi connectivity index (χ0v) is 19.6. The van der Waals surface area contributed by atoms with Crippen molar-refractivity contribution in [3.05, 3.63) is 60.7 Å². The Kier molecular flexibility index (Phi) is 7.84. The van der Waals surface area contributed by atoms with Crippen LogP contribution in [0.3, 0.4) is 0 Å². The molecule has 0 aromatic heterocycles. The molecule has 0 aliphatic carbocycles. The van der Waals surface area contributed by atoms with Crippen molar-refractivity contribution in [3.63, 3.8) is 0 Å². The van der Waals surface area contributed by atoms with Gasteiger partial charge in [0, 0.05) is 26.2 Å². The van der Waals surface area contributed by atoms with E-state index in [1.54, 1.807) is 36.4 Å². The van der Waals surface area contributed by atoms with Crippen LogP contribution in [0.5, 0.6) is 0 Å². The highest BCUT2D eigenvalue weighted by atomic mass is 32.2. The minimum absolute atomic E-state index is 0.00375. The summed E-state index contributed by atoms with van der Waals surface area (Å²) in [6.07, 6.45) is 0. The van der Waals surface area contributed by atoms with Crippen LogP contribution in [0.1, 0.15) is 6.92 Å². The normalized spacial score (nSPS) is 16.2. The van der Waals surface area contributed by atoms with E-state index in [0.717, 1.165) is 0 Å². The monoisotopic (exact) mass is 495 g/mol. The van der Waals surface area contributed by atoms with Gasteiger partial charge in [0.25, 0.3) is 5.91 Å². The highest BCUT2D eigenvalue weighted by Gasteiger charge is 2.31. The summed E-state index contributed by atoms with van der Waals surface area (Å²) < 4.78 is 58.4. The number of ether oxygens (including phenoxy) is 1. The minimum Gasteiger partial charge on any atom is -0.454 e. The lowest BCUT2D eigenvalue weighted by molar-refractivity contribution is -0.153. The molecule has 1 N–H and O–H groups in total. The molecule has 0 bridgehead atoms. The Morgan fingerprint density at radius 3 is 1.94 bits per heavy atom. The fourth-order valence-corrected chi connectivity index (χ4v) is 5.87. The van der Waals surface area contributed by atoms with E-state index in [0.29, 0.717) is 0 Å². The fourth-order valence-electron chi connectivity index (χ4n) is 3.22. The van der Waals surface area contributed by atoms with E-state index in [4.69, 9.17) is 4.74 Å². The van der Waals surface area contributed by atoms with Crippen molar-refractivity contribution >= 4 is 31.9 Å². The number of rotatable bonds is 8. The number of sulfonamides is 2. The van der Waals surface area contributed by atoms with Crippen molar-refractivity contribution < 1.29 is 31.2 Å². The van der Waals surface area contributed by atoms with E-state index in [1.807, 2.05) is 0 Å². The molecule has 1 atom stereocenters. The molecule has 1 amide bonds. The molecule has 0 spiro atoms. The third-order valence-electron chi connectivity index (χ3n) is 5.05. The smallest absolute Gasteiger partial charge is 0.324 e. The Hall–Kier alpha value is -2.80. The van der Waals surface area contributed by atoms with Gasteiger partial charge in [0.1, 0.15) is 6.04 Å². The van der Waals surface area contributed by atoms with Gasteiger partial charge in [-0.2, -0.15) is 9.03 Å². The summed E-state index contributed by atoms with van der Waals surface area (Å²) >= 11 is 0. The number of esters is 1. The van der Waals surface area contributed by atoms with Crippen LogP contribution in [-0.2, 0) is 34.4 Å². The highest BCUT2D eigenvalue weighted by Crippen LogP contribution is 2.17. The molecule has 2 aromatic rings. The zero-order valence-electron chi connectivity index (χ0n) is 18.0. The van der Waals surface area contributed by atoms with Gasteiger partial charge >= 0.3 is 5.97 Å². The molecule has 10 nitrogen and oxygen atoms in total. The molecular weight excluding hydrogens is 470 g/mol. The molecule has 178 valence electrons. The average Bonchev–Trinajstić information content (AvgIpc) is 2.83. The van der Waals surface area contributed by atoms with E-state index in [9.17, 15) is 26.4 Å². The summed E-state index contributed by atoms with van der Waals surface area (Å²) in [5.74, 6) is -1.38. The Labute approximate surface area is 193 Å². The van der Waals surface area contributed by atoms with E-state index >= 15 is 0 Å². The maximum atomic E-state index is 12.7. The lowest BCUT2D eigenvalue weighted by Gasteiger charge is -2.33. The maximum Gasteiger partial charge on any atom is 0.324 e. The molecule has 1 saturated heterocycles.